The van der Waals surface area contributed by atoms with Gasteiger partial charge in [-0.1, -0.05) is 41.9 Å². The molecule has 2 rings (SSSR count). The van der Waals surface area contributed by atoms with E-state index in [1.807, 2.05) is 6.07 Å². The molecule has 0 saturated carbocycles. The summed E-state index contributed by atoms with van der Waals surface area (Å²) in [6.07, 6.45) is 1.64. The third-order valence-electron chi connectivity index (χ3n) is 3.19. The van der Waals surface area contributed by atoms with Crippen molar-refractivity contribution in [1.29, 1.82) is 0 Å². The molecule has 0 aliphatic rings. The Morgan fingerprint density at radius 3 is 2.43 bits per heavy atom. The lowest BCUT2D eigenvalue weighted by atomic mass is 9.89. The van der Waals surface area contributed by atoms with E-state index in [2.05, 4.69) is 0 Å². The van der Waals surface area contributed by atoms with Gasteiger partial charge in [0.15, 0.2) is 0 Å². The van der Waals surface area contributed by atoms with Crippen LogP contribution >= 0.6 is 11.6 Å². The zero-order valence-electron chi connectivity index (χ0n) is 11.4. The number of carboxylic acids is 1. The van der Waals surface area contributed by atoms with Gasteiger partial charge in [-0.3, -0.25) is 0 Å². The molecule has 0 aromatic heterocycles. The molecule has 2 aromatic carbocycles. The summed E-state index contributed by atoms with van der Waals surface area (Å²) in [7, 11) is 0. The van der Waals surface area contributed by atoms with Gasteiger partial charge in [0, 0.05) is 16.5 Å². The van der Waals surface area contributed by atoms with Gasteiger partial charge in [-0.05, 0) is 42.3 Å². The molecule has 21 heavy (non-hydrogen) atoms. The number of halogens is 2. The first-order valence-corrected chi connectivity index (χ1v) is 6.78. The normalized spacial score (nSPS) is 13.0. The van der Waals surface area contributed by atoms with Gasteiger partial charge in [0.25, 0.3) is 0 Å². The SMILES string of the molecule is CC(=CC(c1ccc(F)cc1)c1cccc(Cl)c1)C(=O)O. The van der Waals surface area contributed by atoms with Crippen molar-refractivity contribution >= 4 is 17.6 Å². The van der Waals surface area contributed by atoms with Crippen LogP contribution in [0.2, 0.25) is 5.02 Å². The van der Waals surface area contributed by atoms with E-state index in [0.717, 1.165) is 11.1 Å². The predicted molar refractivity (Wildman–Crippen MR) is 81.1 cm³/mol. The molecule has 0 heterocycles. The van der Waals surface area contributed by atoms with E-state index >= 15 is 0 Å². The van der Waals surface area contributed by atoms with Crippen molar-refractivity contribution in [3.05, 3.63) is 82.1 Å². The highest BCUT2D eigenvalue weighted by atomic mass is 35.5. The molecule has 0 fully saturated rings. The summed E-state index contributed by atoms with van der Waals surface area (Å²) in [4.78, 5) is 11.1. The number of aliphatic carboxylic acids is 1. The van der Waals surface area contributed by atoms with Crippen LogP contribution < -0.4 is 0 Å². The smallest absolute Gasteiger partial charge is 0.330 e. The standard InChI is InChI=1S/C17H14ClFO2/c1-11(17(20)21)9-16(12-5-7-15(19)8-6-12)13-3-2-4-14(18)10-13/h2-10,16H,1H3,(H,20,21). The maximum atomic E-state index is 13.1. The van der Waals surface area contributed by atoms with Gasteiger partial charge in [0.05, 0.1) is 0 Å². The second-order valence-corrected chi connectivity index (χ2v) is 5.18. The van der Waals surface area contributed by atoms with Crippen molar-refractivity contribution in [3.63, 3.8) is 0 Å². The van der Waals surface area contributed by atoms with Crippen LogP contribution in [0.15, 0.2) is 60.2 Å². The molecule has 2 aromatic rings. The monoisotopic (exact) mass is 304 g/mol. The molecule has 0 bridgehead atoms. The molecule has 4 heteroatoms. The van der Waals surface area contributed by atoms with Crippen LogP contribution in [-0.2, 0) is 4.79 Å². The zero-order valence-corrected chi connectivity index (χ0v) is 12.1. The van der Waals surface area contributed by atoms with Crippen molar-refractivity contribution in [2.75, 3.05) is 0 Å². The predicted octanol–water partition coefficient (Wildman–Crippen LogP) is 4.64. The lowest BCUT2D eigenvalue weighted by Gasteiger charge is -2.15. The highest BCUT2D eigenvalue weighted by Crippen LogP contribution is 2.29. The number of carboxylic acid groups (broad SMARTS) is 1. The Morgan fingerprint density at radius 2 is 1.86 bits per heavy atom. The minimum atomic E-state index is -0.982. The molecule has 1 atom stereocenters. The number of allylic oxidation sites excluding steroid dienone is 1. The Morgan fingerprint density at radius 1 is 1.19 bits per heavy atom. The first-order valence-electron chi connectivity index (χ1n) is 6.40. The largest absolute Gasteiger partial charge is 0.478 e. The summed E-state index contributed by atoms with van der Waals surface area (Å²) in [5.74, 6) is -1.60. The maximum absolute atomic E-state index is 13.1. The number of rotatable bonds is 4. The lowest BCUT2D eigenvalue weighted by Crippen LogP contribution is -2.03. The summed E-state index contributed by atoms with van der Waals surface area (Å²) >= 11 is 6.00. The molecule has 0 aliphatic carbocycles. The average molecular weight is 305 g/mol. The van der Waals surface area contributed by atoms with E-state index in [1.165, 1.54) is 19.1 Å². The summed E-state index contributed by atoms with van der Waals surface area (Å²) in [6.45, 7) is 1.53. The average Bonchev–Trinajstić information content (AvgIpc) is 2.45. The van der Waals surface area contributed by atoms with Crippen LogP contribution in [0.25, 0.3) is 0 Å². The third-order valence-corrected chi connectivity index (χ3v) is 3.43. The molecule has 0 radical (unpaired) electrons. The Labute approximate surface area is 127 Å². The number of hydrogen-bond acceptors (Lipinski definition) is 1. The fourth-order valence-electron chi connectivity index (χ4n) is 2.08. The molecule has 1 N–H and O–H groups in total. The van der Waals surface area contributed by atoms with Gasteiger partial charge in [-0.15, -0.1) is 0 Å². The van der Waals surface area contributed by atoms with Crippen molar-refractivity contribution in [3.8, 4) is 0 Å². The van der Waals surface area contributed by atoms with E-state index in [0.29, 0.717) is 5.02 Å². The van der Waals surface area contributed by atoms with Gasteiger partial charge in [0.1, 0.15) is 5.82 Å². The summed E-state index contributed by atoms with van der Waals surface area (Å²) in [6, 6.07) is 13.2. The van der Waals surface area contributed by atoms with E-state index < -0.39 is 5.97 Å². The second kappa shape index (κ2) is 6.55. The number of hydrogen-bond donors (Lipinski definition) is 1. The Kier molecular flexibility index (Phi) is 4.76. The molecule has 2 nitrogen and oxygen atoms in total. The highest BCUT2D eigenvalue weighted by molar-refractivity contribution is 6.30. The van der Waals surface area contributed by atoms with Crippen LogP contribution in [-0.4, -0.2) is 11.1 Å². The van der Waals surface area contributed by atoms with Gasteiger partial charge in [-0.2, -0.15) is 0 Å². The van der Waals surface area contributed by atoms with Crippen LogP contribution in [0, 0.1) is 5.82 Å². The fraction of sp³-hybridized carbons (Fsp3) is 0.118. The first kappa shape index (κ1) is 15.3. The van der Waals surface area contributed by atoms with Gasteiger partial charge in [0.2, 0.25) is 0 Å². The Balaban J connectivity index is 2.51. The summed E-state index contributed by atoms with van der Waals surface area (Å²) in [5.41, 5.74) is 1.89. The third kappa shape index (κ3) is 3.92. The van der Waals surface area contributed by atoms with Crippen molar-refractivity contribution in [2.45, 2.75) is 12.8 Å². The molecule has 108 valence electrons. The molecule has 0 spiro atoms. The van der Waals surface area contributed by atoms with E-state index in [-0.39, 0.29) is 17.3 Å². The van der Waals surface area contributed by atoms with Crippen LogP contribution in [0.4, 0.5) is 4.39 Å². The molecular weight excluding hydrogens is 291 g/mol. The van der Waals surface area contributed by atoms with E-state index in [4.69, 9.17) is 16.7 Å². The van der Waals surface area contributed by atoms with Crippen molar-refractivity contribution in [1.82, 2.24) is 0 Å². The summed E-state index contributed by atoms with van der Waals surface area (Å²) in [5, 5.41) is 9.64. The van der Waals surface area contributed by atoms with Crippen LogP contribution in [0.5, 0.6) is 0 Å². The van der Waals surface area contributed by atoms with E-state index in [9.17, 15) is 9.18 Å². The van der Waals surface area contributed by atoms with Crippen LogP contribution in [0.3, 0.4) is 0 Å². The minimum Gasteiger partial charge on any atom is -0.478 e. The number of carbonyl (C=O) groups is 1. The molecular formula is C17H14ClFO2. The highest BCUT2D eigenvalue weighted by Gasteiger charge is 2.14. The van der Waals surface area contributed by atoms with Crippen molar-refractivity contribution in [2.24, 2.45) is 0 Å². The van der Waals surface area contributed by atoms with Crippen LogP contribution in [0.1, 0.15) is 24.0 Å². The first-order chi connectivity index (χ1) is 9.97. The Hall–Kier alpha value is -2.13. The van der Waals surface area contributed by atoms with E-state index in [1.54, 1.807) is 36.4 Å². The summed E-state index contributed by atoms with van der Waals surface area (Å²) < 4.78 is 13.1. The fourth-order valence-corrected chi connectivity index (χ4v) is 2.28. The molecule has 0 aliphatic heterocycles. The second-order valence-electron chi connectivity index (χ2n) is 4.74. The van der Waals surface area contributed by atoms with Crippen molar-refractivity contribution < 1.29 is 14.3 Å². The molecule has 0 amide bonds. The van der Waals surface area contributed by atoms with Gasteiger partial charge in [-0.25, -0.2) is 9.18 Å². The zero-order chi connectivity index (χ0) is 15.4. The maximum Gasteiger partial charge on any atom is 0.330 e. The molecule has 0 saturated heterocycles. The van der Waals surface area contributed by atoms with Gasteiger partial charge < -0.3 is 5.11 Å². The quantitative estimate of drug-likeness (QED) is 0.835. The Bertz CT molecular complexity index is 677. The van der Waals surface area contributed by atoms with Gasteiger partial charge >= 0.3 is 5.97 Å². The number of benzene rings is 2. The molecule has 1 unspecified atom stereocenters. The topological polar surface area (TPSA) is 37.3 Å². The minimum absolute atomic E-state index is 0.226. The lowest BCUT2D eigenvalue weighted by molar-refractivity contribution is -0.132.